The van der Waals surface area contributed by atoms with Gasteiger partial charge < -0.3 is 14.2 Å². The molecule has 1 atom stereocenters. The second-order valence-electron chi connectivity index (χ2n) is 16.8. The number of hydrogen-bond donors (Lipinski definition) is 0. The molecule has 0 saturated heterocycles. The van der Waals surface area contributed by atoms with Crippen LogP contribution in [0.2, 0.25) is 0 Å². The molecule has 1 spiro atoms. The Morgan fingerprint density at radius 3 is 1.59 bits per heavy atom. The molecular formula is C61H40N2O. The van der Waals surface area contributed by atoms with Crippen molar-refractivity contribution in [2.75, 3.05) is 9.80 Å². The van der Waals surface area contributed by atoms with E-state index in [0.717, 1.165) is 62.0 Å². The van der Waals surface area contributed by atoms with Gasteiger partial charge in [-0.2, -0.15) is 0 Å². The second kappa shape index (κ2) is 14.3. The summed E-state index contributed by atoms with van der Waals surface area (Å²) >= 11 is 0. The lowest BCUT2D eigenvalue weighted by molar-refractivity contribution is 0.507. The van der Waals surface area contributed by atoms with Gasteiger partial charge in [0.15, 0.2) is 0 Å². The predicted molar refractivity (Wildman–Crippen MR) is 265 cm³/mol. The fourth-order valence-corrected chi connectivity index (χ4v) is 10.8. The molecule has 0 bridgehead atoms. The Bertz CT molecular complexity index is 3570. The number of furan rings is 1. The average Bonchev–Trinajstić information content (AvgIpc) is 3.99. The smallest absolute Gasteiger partial charge is 0.135 e. The summed E-state index contributed by atoms with van der Waals surface area (Å²) in [7, 11) is 0. The van der Waals surface area contributed by atoms with Gasteiger partial charge in [-0.1, -0.05) is 176 Å². The Morgan fingerprint density at radius 1 is 0.328 bits per heavy atom. The summed E-state index contributed by atoms with van der Waals surface area (Å²) < 4.78 is 7.29. The van der Waals surface area contributed by atoms with Crippen LogP contribution in [0.25, 0.3) is 55.1 Å². The molecule has 64 heavy (non-hydrogen) atoms. The molecule has 3 nitrogen and oxygen atoms in total. The van der Waals surface area contributed by atoms with E-state index in [1.165, 1.54) is 49.7 Å². The Morgan fingerprint density at radius 2 is 0.844 bits per heavy atom. The highest BCUT2D eigenvalue weighted by Gasteiger charge is 2.55. The molecular weight excluding hydrogens is 777 g/mol. The maximum atomic E-state index is 7.29. The summed E-state index contributed by atoms with van der Waals surface area (Å²) in [6.07, 6.45) is 0. The van der Waals surface area contributed by atoms with Gasteiger partial charge in [-0.15, -0.1) is 0 Å². The molecule has 0 amide bonds. The lowest BCUT2D eigenvalue weighted by atomic mass is 9.73. The first-order valence-corrected chi connectivity index (χ1v) is 22.0. The van der Waals surface area contributed by atoms with Crippen molar-refractivity contribution in [2.45, 2.75) is 5.41 Å². The van der Waals surface area contributed by atoms with Crippen molar-refractivity contribution in [3.8, 4) is 33.4 Å². The van der Waals surface area contributed by atoms with E-state index in [0.29, 0.717) is 0 Å². The minimum atomic E-state index is -0.760. The molecule has 13 rings (SSSR count). The monoisotopic (exact) mass is 816 g/mol. The second-order valence-corrected chi connectivity index (χ2v) is 16.8. The molecule has 0 aliphatic heterocycles. The summed E-state index contributed by atoms with van der Waals surface area (Å²) in [4.78, 5) is 4.84. The minimum Gasteiger partial charge on any atom is -0.459 e. The van der Waals surface area contributed by atoms with Gasteiger partial charge in [-0.05, 0) is 111 Å². The van der Waals surface area contributed by atoms with E-state index in [1.807, 2.05) is 0 Å². The van der Waals surface area contributed by atoms with Crippen molar-refractivity contribution in [3.63, 3.8) is 0 Å². The SMILES string of the molecule is c1ccc(-c2ccccc2N(c2ccccc2)c2ccc3c(c2)C2(c4ccccc4-c4ccc(N(c5ccccc5)c5cccc6ccccc56)cc42)c2oc4ccccc4c2-3)cc1. The van der Waals surface area contributed by atoms with Crippen LogP contribution in [0.5, 0.6) is 0 Å². The molecule has 0 N–H and O–H groups in total. The van der Waals surface area contributed by atoms with Crippen LogP contribution in [-0.4, -0.2) is 0 Å². The Hall–Kier alpha value is -8.40. The van der Waals surface area contributed by atoms with Crippen molar-refractivity contribution < 1.29 is 4.42 Å². The van der Waals surface area contributed by atoms with Crippen molar-refractivity contribution in [1.29, 1.82) is 0 Å². The molecule has 1 heterocycles. The molecule has 0 fully saturated rings. The molecule has 0 saturated carbocycles. The van der Waals surface area contributed by atoms with Crippen LogP contribution in [0.15, 0.2) is 247 Å². The van der Waals surface area contributed by atoms with Crippen LogP contribution in [0.3, 0.4) is 0 Å². The third kappa shape index (κ3) is 5.28. The number of hydrogen-bond acceptors (Lipinski definition) is 3. The van der Waals surface area contributed by atoms with Gasteiger partial charge in [-0.3, -0.25) is 0 Å². The molecule has 3 heteroatoms. The number of fused-ring (bicyclic) bond motifs is 13. The van der Waals surface area contributed by atoms with E-state index in [-0.39, 0.29) is 0 Å². The first-order valence-electron chi connectivity index (χ1n) is 22.0. The van der Waals surface area contributed by atoms with Crippen LogP contribution in [0.4, 0.5) is 34.1 Å². The van der Waals surface area contributed by atoms with Gasteiger partial charge in [0.1, 0.15) is 16.8 Å². The number of para-hydroxylation sites is 4. The van der Waals surface area contributed by atoms with Gasteiger partial charge >= 0.3 is 0 Å². The van der Waals surface area contributed by atoms with Crippen molar-refractivity contribution >= 4 is 55.9 Å². The van der Waals surface area contributed by atoms with Crippen LogP contribution < -0.4 is 9.80 Å². The molecule has 2 aliphatic carbocycles. The zero-order valence-electron chi connectivity index (χ0n) is 34.9. The zero-order chi connectivity index (χ0) is 42.2. The van der Waals surface area contributed by atoms with Gasteiger partial charge in [0.25, 0.3) is 0 Å². The van der Waals surface area contributed by atoms with Crippen molar-refractivity contribution in [1.82, 2.24) is 0 Å². The molecule has 11 aromatic rings. The van der Waals surface area contributed by atoms with E-state index in [4.69, 9.17) is 4.42 Å². The zero-order valence-corrected chi connectivity index (χ0v) is 34.9. The molecule has 10 aromatic carbocycles. The summed E-state index contributed by atoms with van der Waals surface area (Å²) in [5.41, 5.74) is 17.5. The minimum absolute atomic E-state index is 0.760. The largest absolute Gasteiger partial charge is 0.459 e. The standard InChI is InChI=1S/C61H40N2O/c1-4-19-41(20-5-1)47-28-13-16-32-56(47)62(43-23-6-2-7-24-43)46-36-38-51-55(40-46)61(60-59(51)52-30-14-17-34-58(52)64-60)53-31-15-12-29-49(53)50-37-35-45(39-54(50)61)63(44-25-8-3-9-26-44)57-33-18-22-42-21-10-11-27-48(42)57/h1-40H. The van der Waals surface area contributed by atoms with Gasteiger partial charge in [0.05, 0.1) is 11.4 Å². The van der Waals surface area contributed by atoms with E-state index in [9.17, 15) is 0 Å². The first-order chi connectivity index (χ1) is 31.8. The maximum Gasteiger partial charge on any atom is 0.135 e. The van der Waals surface area contributed by atoms with Crippen molar-refractivity contribution in [3.05, 3.63) is 265 Å². The Labute approximate surface area is 372 Å². The van der Waals surface area contributed by atoms with Crippen LogP contribution >= 0.6 is 0 Å². The first kappa shape index (κ1) is 36.3. The lowest BCUT2D eigenvalue weighted by Gasteiger charge is -2.32. The van der Waals surface area contributed by atoms with Gasteiger partial charge in [0, 0.05) is 44.6 Å². The third-order valence-corrected chi connectivity index (χ3v) is 13.4. The summed E-state index contributed by atoms with van der Waals surface area (Å²) in [5, 5.41) is 3.52. The molecule has 2 aliphatic rings. The normalized spacial score (nSPS) is 14.3. The number of benzene rings is 10. The predicted octanol–water partition coefficient (Wildman–Crippen LogP) is 16.5. The highest BCUT2D eigenvalue weighted by atomic mass is 16.3. The van der Waals surface area contributed by atoms with E-state index < -0.39 is 5.41 Å². The maximum absolute atomic E-state index is 7.29. The Kier molecular flexibility index (Phi) is 8.13. The Balaban J connectivity index is 1.11. The number of nitrogens with zero attached hydrogens (tertiary/aromatic N) is 2. The van der Waals surface area contributed by atoms with Gasteiger partial charge in [-0.25, -0.2) is 0 Å². The fraction of sp³-hybridized carbons (Fsp3) is 0.0164. The quantitative estimate of drug-likeness (QED) is 0.160. The summed E-state index contributed by atoms with van der Waals surface area (Å²) in [6, 6.07) is 88.0. The lowest BCUT2D eigenvalue weighted by Crippen LogP contribution is -2.26. The van der Waals surface area contributed by atoms with Gasteiger partial charge in [0.2, 0.25) is 0 Å². The molecule has 1 aromatic heterocycles. The topological polar surface area (TPSA) is 19.6 Å². The van der Waals surface area contributed by atoms with Crippen molar-refractivity contribution in [2.24, 2.45) is 0 Å². The highest BCUT2D eigenvalue weighted by Crippen LogP contribution is 2.66. The third-order valence-electron chi connectivity index (χ3n) is 13.4. The number of anilines is 6. The average molecular weight is 817 g/mol. The van der Waals surface area contributed by atoms with E-state index in [2.05, 4.69) is 252 Å². The molecule has 1 unspecified atom stereocenters. The molecule has 300 valence electrons. The van der Waals surface area contributed by atoms with E-state index in [1.54, 1.807) is 0 Å². The number of rotatable bonds is 7. The van der Waals surface area contributed by atoms with Crippen LogP contribution in [0.1, 0.15) is 22.5 Å². The highest BCUT2D eigenvalue weighted by molar-refractivity contribution is 6.06. The van der Waals surface area contributed by atoms with Crippen LogP contribution in [-0.2, 0) is 5.41 Å². The fourth-order valence-electron chi connectivity index (χ4n) is 10.8. The molecule has 0 radical (unpaired) electrons. The summed E-state index contributed by atoms with van der Waals surface area (Å²) in [6.45, 7) is 0. The van der Waals surface area contributed by atoms with Crippen LogP contribution in [0, 0.1) is 0 Å². The van der Waals surface area contributed by atoms with E-state index >= 15 is 0 Å². The summed E-state index contributed by atoms with van der Waals surface area (Å²) in [5.74, 6) is 0.969.